The van der Waals surface area contributed by atoms with Gasteiger partial charge in [0.25, 0.3) is 0 Å². The number of benzene rings is 2. The highest BCUT2D eigenvalue weighted by Gasteiger charge is 2.09. The lowest BCUT2D eigenvalue weighted by atomic mass is 10.2. The molecule has 0 aliphatic rings. The molecule has 0 unspecified atom stereocenters. The van der Waals surface area contributed by atoms with Crippen LogP contribution in [0.2, 0.25) is 0 Å². The van der Waals surface area contributed by atoms with Crippen LogP contribution in [0.5, 0.6) is 5.75 Å². The van der Waals surface area contributed by atoms with Crippen LogP contribution in [0.25, 0.3) is 0 Å². The Morgan fingerprint density at radius 1 is 0.900 bits per heavy atom. The van der Waals surface area contributed by atoms with Crippen molar-refractivity contribution in [2.75, 3.05) is 0 Å². The lowest BCUT2D eigenvalue weighted by molar-refractivity contribution is 0.302. The fourth-order valence-corrected chi connectivity index (χ4v) is 3.87. The van der Waals surface area contributed by atoms with Crippen LogP contribution in [0.15, 0.2) is 43.7 Å². The van der Waals surface area contributed by atoms with Crippen molar-refractivity contribution in [3.05, 3.63) is 60.7 Å². The van der Waals surface area contributed by atoms with Crippen molar-refractivity contribution in [1.82, 2.24) is 0 Å². The van der Waals surface area contributed by atoms with Gasteiger partial charge in [0.05, 0.1) is 13.4 Å². The zero-order valence-electron chi connectivity index (χ0n) is 10.1. The summed E-state index contributed by atoms with van der Waals surface area (Å²) in [6.07, 6.45) is 0. The predicted molar refractivity (Wildman–Crippen MR) is 92.9 cm³/mol. The molecule has 2 aromatic rings. The average Bonchev–Trinajstić information content (AvgIpc) is 2.41. The maximum Gasteiger partial charge on any atom is 0.148 e. The van der Waals surface area contributed by atoms with Crippen LogP contribution in [0.4, 0.5) is 4.39 Å². The van der Waals surface area contributed by atoms with Crippen molar-refractivity contribution in [2.45, 2.75) is 11.9 Å². The zero-order valence-corrected chi connectivity index (χ0v) is 16.4. The normalized spacial score (nSPS) is 10.7. The molecule has 0 radical (unpaired) electrons. The van der Waals surface area contributed by atoms with Crippen molar-refractivity contribution in [1.29, 1.82) is 0 Å². The van der Waals surface area contributed by atoms with Crippen molar-refractivity contribution < 1.29 is 9.13 Å². The van der Waals surface area contributed by atoms with E-state index in [9.17, 15) is 4.39 Å². The molecule has 0 spiro atoms. The summed E-state index contributed by atoms with van der Waals surface area (Å²) in [4.78, 5) is 0. The quantitative estimate of drug-likeness (QED) is 0.405. The number of rotatable bonds is 4. The van der Waals surface area contributed by atoms with Gasteiger partial charge in [0.2, 0.25) is 0 Å². The minimum atomic E-state index is -0.280. The van der Waals surface area contributed by atoms with Gasteiger partial charge in [-0.2, -0.15) is 0 Å². The summed E-state index contributed by atoms with van der Waals surface area (Å²) in [5.41, 5.74) is 2.03. The van der Waals surface area contributed by atoms with Crippen LogP contribution < -0.4 is 4.74 Å². The van der Waals surface area contributed by atoms with E-state index in [1.54, 1.807) is 12.1 Å². The second kappa shape index (κ2) is 7.38. The van der Waals surface area contributed by atoms with Crippen molar-refractivity contribution >= 4 is 63.7 Å². The largest absolute Gasteiger partial charge is 0.487 e. The Bertz CT molecular complexity index is 608. The molecule has 0 saturated heterocycles. The monoisotopic (exact) mass is 528 g/mol. The maximum atomic E-state index is 13.2. The SMILES string of the molecule is Fc1ccc(COc2c(Br)cc(CBr)cc2Br)cc1Br. The molecule has 0 N–H and O–H groups in total. The highest BCUT2D eigenvalue weighted by molar-refractivity contribution is 9.11. The van der Waals surface area contributed by atoms with Gasteiger partial charge in [0.15, 0.2) is 0 Å². The van der Waals surface area contributed by atoms with Gasteiger partial charge in [-0.05, 0) is 83.2 Å². The molecule has 0 aromatic heterocycles. The van der Waals surface area contributed by atoms with E-state index in [0.29, 0.717) is 11.1 Å². The third-order valence-corrected chi connectivity index (χ3v) is 5.01. The first-order valence-corrected chi connectivity index (χ1v) is 9.12. The molecule has 106 valence electrons. The Hall–Kier alpha value is 0.0900. The molecule has 6 heteroatoms. The summed E-state index contributed by atoms with van der Waals surface area (Å²) in [5.74, 6) is 0.452. The van der Waals surface area contributed by atoms with Crippen LogP contribution >= 0.6 is 63.7 Å². The Labute approximate surface area is 150 Å². The molecule has 1 nitrogen and oxygen atoms in total. The molecule has 0 heterocycles. The molecule has 0 saturated carbocycles. The summed E-state index contributed by atoms with van der Waals surface area (Å²) >= 11 is 13.6. The van der Waals surface area contributed by atoms with Crippen LogP contribution in [0.1, 0.15) is 11.1 Å². The minimum absolute atomic E-state index is 0.280. The van der Waals surface area contributed by atoms with Gasteiger partial charge in [0.1, 0.15) is 18.2 Å². The molecule has 0 amide bonds. The van der Waals surface area contributed by atoms with Gasteiger partial charge >= 0.3 is 0 Å². The van der Waals surface area contributed by atoms with Gasteiger partial charge in [-0.3, -0.25) is 0 Å². The molecule has 0 bridgehead atoms. The van der Waals surface area contributed by atoms with Crippen LogP contribution in [-0.4, -0.2) is 0 Å². The molecule has 2 aromatic carbocycles. The first kappa shape index (κ1) is 16.5. The van der Waals surface area contributed by atoms with E-state index in [1.165, 1.54) is 6.07 Å². The molecular formula is C14H9Br4FO. The molecule has 0 aliphatic carbocycles. The average molecular weight is 532 g/mol. The van der Waals surface area contributed by atoms with E-state index in [2.05, 4.69) is 63.7 Å². The van der Waals surface area contributed by atoms with E-state index >= 15 is 0 Å². The standard InChI is InChI=1S/C14H9Br4FO/c15-6-9-4-11(17)14(12(18)5-9)20-7-8-1-2-13(19)10(16)3-8/h1-5H,6-7H2. The number of hydrogen-bond acceptors (Lipinski definition) is 1. The summed E-state index contributed by atoms with van der Waals surface area (Å²) in [5, 5.41) is 0.773. The molecule has 0 aliphatic heterocycles. The molecule has 0 atom stereocenters. The Morgan fingerprint density at radius 2 is 1.50 bits per heavy atom. The van der Waals surface area contributed by atoms with Gasteiger partial charge in [0, 0.05) is 5.33 Å². The highest BCUT2D eigenvalue weighted by atomic mass is 79.9. The van der Waals surface area contributed by atoms with Gasteiger partial charge in [-0.15, -0.1) is 0 Å². The second-order valence-corrected chi connectivity index (χ2v) is 7.18. The number of ether oxygens (including phenoxy) is 1. The fourth-order valence-electron chi connectivity index (χ4n) is 1.61. The molecular weight excluding hydrogens is 523 g/mol. The van der Waals surface area contributed by atoms with E-state index in [0.717, 1.165) is 31.2 Å². The van der Waals surface area contributed by atoms with Crippen molar-refractivity contribution in [3.8, 4) is 5.75 Å². The number of hydrogen-bond donors (Lipinski definition) is 0. The Morgan fingerprint density at radius 3 is 2.05 bits per heavy atom. The van der Waals surface area contributed by atoms with Crippen molar-refractivity contribution in [3.63, 3.8) is 0 Å². The van der Waals surface area contributed by atoms with E-state index in [1.807, 2.05) is 12.1 Å². The second-order valence-electron chi connectivity index (χ2n) is 4.06. The van der Waals surface area contributed by atoms with Crippen LogP contribution in [0, 0.1) is 5.82 Å². The van der Waals surface area contributed by atoms with E-state index in [-0.39, 0.29) is 5.82 Å². The van der Waals surface area contributed by atoms with Gasteiger partial charge in [-0.25, -0.2) is 4.39 Å². The van der Waals surface area contributed by atoms with E-state index in [4.69, 9.17) is 4.74 Å². The first-order valence-electron chi connectivity index (χ1n) is 5.62. The van der Waals surface area contributed by atoms with Crippen LogP contribution in [0.3, 0.4) is 0 Å². The lowest BCUT2D eigenvalue weighted by Crippen LogP contribution is -1.98. The Balaban J connectivity index is 2.16. The topological polar surface area (TPSA) is 9.23 Å². The Kier molecular flexibility index (Phi) is 6.08. The highest BCUT2D eigenvalue weighted by Crippen LogP contribution is 2.36. The van der Waals surface area contributed by atoms with Crippen LogP contribution in [-0.2, 0) is 11.9 Å². The minimum Gasteiger partial charge on any atom is -0.487 e. The fraction of sp³-hybridized carbons (Fsp3) is 0.143. The summed E-state index contributed by atoms with van der Waals surface area (Å²) < 4.78 is 21.2. The van der Waals surface area contributed by atoms with E-state index < -0.39 is 0 Å². The maximum absolute atomic E-state index is 13.2. The summed E-state index contributed by atoms with van der Waals surface area (Å²) in [6.45, 7) is 0.365. The van der Waals surface area contributed by atoms with Gasteiger partial charge in [-0.1, -0.05) is 22.0 Å². The first-order chi connectivity index (χ1) is 9.51. The molecule has 0 fully saturated rings. The predicted octanol–water partition coefficient (Wildman–Crippen LogP) is 6.59. The lowest BCUT2D eigenvalue weighted by Gasteiger charge is -2.12. The third kappa shape index (κ3) is 4.06. The number of halogens is 5. The third-order valence-electron chi connectivity index (χ3n) is 2.58. The zero-order chi connectivity index (χ0) is 14.7. The summed E-state index contributed by atoms with van der Waals surface area (Å²) in [6, 6.07) is 8.82. The van der Waals surface area contributed by atoms with Gasteiger partial charge < -0.3 is 4.74 Å². The number of alkyl halides is 1. The molecule has 20 heavy (non-hydrogen) atoms. The summed E-state index contributed by atoms with van der Waals surface area (Å²) in [7, 11) is 0. The smallest absolute Gasteiger partial charge is 0.148 e. The molecule has 2 rings (SSSR count). The van der Waals surface area contributed by atoms with Crippen molar-refractivity contribution in [2.24, 2.45) is 0 Å².